The smallest absolute Gasteiger partial charge is 0.194 e. The summed E-state index contributed by atoms with van der Waals surface area (Å²) in [7, 11) is 0. The number of nitrogens with one attached hydrogen (secondary N) is 1. The van der Waals surface area contributed by atoms with Gasteiger partial charge < -0.3 is 19.8 Å². The Bertz CT molecular complexity index is 468. The number of aromatic nitrogens is 1. The van der Waals surface area contributed by atoms with Gasteiger partial charge in [-0.2, -0.15) is 0 Å². The molecule has 2 N–H and O–H groups in total. The number of likely N-dealkylation sites (tertiary alicyclic amines) is 1. The highest BCUT2D eigenvalue weighted by Crippen LogP contribution is 2.15. The van der Waals surface area contributed by atoms with Crippen LogP contribution in [0, 0.1) is 0 Å². The molecule has 126 valence electrons. The Hall–Kier alpha value is -0.830. The van der Waals surface area contributed by atoms with Gasteiger partial charge in [0.05, 0.1) is 11.8 Å². The van der Waals surface area contributed by atoms with Gasteiger partial charge >= 0.3 is 0 Å². The Morgan fingerprint density at radius 1 is 1.50 bits per heavy atom. The maximum absolute atomic E-state index is 9.59. The van der Waals surface area contributed by atoms with Crippen molar-refractivity contribution in [2.75, 3.05) is 19.6 Å². The Morgan fingerprint density at radius 2 is 2.18 bits per heavy atom. The van der Waals surface area contributed by atoms with Gasteiger partial charge in [-0.1, -0.05) is 19.0 Å². The molecule has 2 heterocycles. The van der Waals surface area contributed by atoms with Gasteiger partial charge in [-0.25, -0.2) is 4.99 Å². The van der Waals surface area contributed by atoms with E-state index in [-0.39, 0.29) is 30.1 Å². The maximum atomic E-state index is 9.59. The van der Waals surface area contributed by atoms with Crippen LogP contribution in [0.2, 0.25) is 0 Å². The standard InChI is InChI=1S/C15H26N4O2.HI/c1-4-16-15(19-7-5-12(20)6-8-19)17-10-13-9-14(11(2)3)18-21-13;/h9,11-12,20H,4-8,10H2,1-3H3,(H,16,17);1H. The molecule has 0 aromatic carbocycles. The van der Waals surface area contributed by atoms with Gasteiger partial charge in [0.1, 0.15) is 6.54 Å². The van der Waals surface area contributed by atoms with Crippen molar-refractivity contribution in [1.29, 1.82) is 0 Å². The molecule has 0 unspecified atom stereocenters. The van der Waals surface area contributed by atoms with Crippen molar-refractivity contribution < 1.29 is 9.63 Å². The van der Waals surface area contributed by atoms with E-state index < -0.39 is 0 Å². The molecule has 0 atom stereocenters. The summed E-state index contributed by atoms with van der Waals surface area (Å²) in [4.78, 5) is 6.81. The number of halogens is 1. The van der Waals surface area contributed by atoms with Gasteiger partial charge in [0.15, 0.2) is 11.7 Å². The van der Waals surface area contributed by atoms with E-state index in [2.05, 4.69) is 41.1 Å². The van der Waals surface area contributed by atoms with Crippen LogP contribution in [-0.4, -0.2) is 46.9 Å². The van der Waals surface area contributed by atoms with Crippen LogP contribution < -0.4 is 5.32 Å². The first-order chi connectivity index (χ1) is 10.1. The lowest BCUT2D eigenvalue weighted by Gasteiger charge is -2.32. The zero-order valence-corrected chi connectivity index (χ0v) is 15.9. The third-order valence-corrected chi connectivity index (χ3v) is 3.65. The largest absolute Gasteiger partial charge is 0.393 e. The van der Waals surface area contributed by atoms with Crippen molar-refractivity contribution >= 4 is 29.9 Å². The highest BCUT2D eigenvalue weighted by atomic mass is 127. The van der Waals surface area contributed by atoms with E-state index in [9.17, 15) is 5.11 Å². The fourth-order valence-corrected chi connectivity index (χ4v) is 2.33. The first-order valence-corrected chi connectivity index (χ1v) is 7.77. The van der Waals surface area contributed by atoms with Gasteiger partial charge in [-0.3, -0.25) is 0 Å². The van der Waals surface area contributed by atoms with E-state index in [0.717, 1.165) is 49.9 Å². The third-order valence-electron chi connectivity index (χ3n) is 3.65. The molecule has 2 rings (SSSR count). The van der Waals surface area contributed by atoms with Crippen LogP contribution in [-0.2, 0) is 6.54 Å². The zero-order chi connectivity index (χ0) is 15.2. The molecule has 6 nitrogen and oxygen atoms in total. The quantitative estimate of drug-likeness (QED) is 0.443. The lowest BCUT2D eigenvalue weighted by Crippen LogP contribution is -2.46. The molecule has 1 aromatic rings. The van der Waals surface area contributed by atoms with Crippen LogP contribution in [0.3, 0.4) is 0 Å². The molecule has 22 heavy (non-hydrogen) atoms. The summed E-state index contributed by atoms with van der Waals surface area (Å²) in [6, 6.07) is 1.97. The number of guanidine groups is 1. The molecule has 1 aromatic heterocycles. The number of hydrogen-bond acceptors (Lipinski definition) is 4. The van der Waals surface area contributed by atoms with Crippen LogP contribution in [0.4, 0.5) is 0 Å². The number of aliphatic imine (C=N–C) groups is 1. The van der Waals surface area contributed by atoms with Crippen molar-refractivity contribution in [3.63, 3.8) is 0 Å². The van der Waals surface area contributed by atoms with Crippen LogP contribution in [0.25, 0.3) is 0 Å². The number of piperidine rings is 1. The van der Waals surface area contributed by atoms with Gasteiger partial charge in [-0.15, -0.1) is 24.0 Å². The number of aliphatic hydroxyl groups excluding tert-OH is 1. The minimum absolute atomic E-state index is 0. The lowest BCUT2D eigenvalue weighted by molar-refractivity contribution is 0.108. The van der Waals surface area contributed by atoms with Crippen LogP contribution in [0.1, 0.15) is 51.0 Å². The first kappa shape index (κ1) is 19.2. The molecule has 7 heteroatoms. The molecule has 0 radical (unpaired) electrons. The predicted molar refractivity (Wildman–Crippen MR) is 97.6 cm³/mol. The first-order valence-electron chi connectivity index (χ1n) is 7.77. The van der Waals surface area contributed by atoms with Crippen molar-refractivity contribution in [3.05, 3.63) is 17.5 Å². The van der Waals surface area contributed by atoms with Gasteiger partial charge in [0.2, 0.25) is 0 Å². The second-order valence-electron chi connectivity index (χ2n) is 5.76. The average Bonchev–Trinajstić information content (AvgIpc) is 2.93. The molecule has 1 aliphatic rings. The third kappa shape index (κ3) is 5.42. The average molecular weight is 422 g/mol. The predicted octanol–water partition coefficient (Wildman–Crippen LogP) is 2.34. The molecule has 1 fully saturated rings. The van der Waals surface area contributed by atoms with E-state index in [1.165, 1.54) is 0 Å². The second-order valence-corrected chi connectivity index (χ2v) is 5.76. The van der Waals surface area contributed by atoms with E-state index in [1.807, 2.05) is 6.07 Å². The summed E-state index contributed by atoms with van der Waals surface area (Å²) in [5, 5.41) is 16.9. The minimum atomic E-state index is -0.174. The lowest BCUT2D eigenvalue weighted by atomic mass is 10.1. The normalized spacial score (nSPS) is 16.8. The molecule has 0 bridgehead atoms. The maximum Gasteiger partial charge on any atom is 0.194 e. The van der Waals surface area contributed by atoms with Crippen LogP contribution in [0.5, 0.6) is 0 Å². The molecule has 1 aliphatic heterocycles. The molecular weight excluding hydrogens is 395 g/mol. The Labute approximate surface area is 149 Å². The molecule has 0 spiro atoms. The highest BCUT2D eigenvalue weighted by Gasteiger charge is 2.19. The highest BCUT2D eigenvalue weighted by molar-refractivity contribution is 14.0. The zero-order valence-electron chi connectivity index (χ0n) is 13.6. The van der Waals surface area contributed by atoms with Gasteiger partial charge in [0, 0.05) is 25.7 Å². The number of rotatable bonds is 4. The van der Waals surface area contributed by atoms with Crippen molar-refractivity contribution in [2.45, 2.75) is 52.2 Å². The Morgan fingerprint density at radius 3 is 2.73 bits per heavy atom. The fraction of sp³-hybridized carbons (Fsp3) is 0.733. The molecule has 0 saturated carbocycles. The van der Waals surface area contributed by atoms with E-state index in [1.54, 1.807) is 0 Å². The molecule has 0 aliphatic carbocycles. The summed E-state index contributed by atoms with van der Waals surface area (Å²) in [5.74, 6) is 2.03. The van der Waals surface area contributed by atoms with E-state index in [4.69, 9.17) is 4.52 Å². The van der Waals surface area contributed by atoms with Gasteiger partial charge in [0.25, 0.3) is 0 Å². The fourth-order valence-electron chi connectivity index (χ4n) is 2.33. The number of aliphatic hydroxyl groups is 1. The van der Waals surface area contributed by atoms with E-state index >= 15 is 0 Å². The summed E-state index contributed by atoms with van der Waals surface area (Å²) in [5.41, 5.74) is 0.964. The Balaban J connectivity index is 0.00000242. The monoisotopic (exact) mass is 422 g/mol. The summed E-state index contributed by atoms with van der Waals surface area (Å²) in [6.07, 6.45) is 1.42. The Kier molecular flexibility index (Phi) is 8.16. The van der Waals surface area contributed by atoms with Crippen molar-refractivity contribution in [3.8, 4) is 0 Å². The van der Waals surface area contributed by atoms with Crippen molar-refractivity contribution in [1.82, 2.24) is 15.4 Å². The molecule has 1 saturated heterocycles. The molecular formula is C15H27IN4O2. The topological polar surface area (TPSA) is 73.9 Å². The van der Waals surface area contributed by atoms with Crippen LogP contribution in [0.15, 0.2) is 15.6 Å². The number of nitrogens with zero attached hydrogens (tertiary/aromatic N) is 3. The van der Waals surface area contributed by atoms with Gasteiger partial charge in [-0.05, 0) is 25.7 Å². The second kappa shape index (κ2) is 9.34. The summed E-state index contributed by atoms with van der Waals surface area (Å²) < 4.78 is 5.32. The van der Waals surface area contributed by atoms with Crippen molar-refractivity contribution in [2.24, 2.45) is 4.99 Å². The summed E-state index contributed by atoms with van der Waals surface area (Å²) >= 11 is 0. The SMILES string of the molecule is CCNC(=NCc1cc(C(C)C)no1)N1CCC(O)CC1.I. The molecule has 0 amide bonds. The summed E-state index contributed by atoms with van der Waals surface area (Å²) in [6.45, 7) is 9.22. The van der Waals surface area contributed by atoms with Crippen LogP contribution >= 0.6 is 24.0 Å². The number of hydrogen-bond donors (Lipinski definition) is 2. The van der Waals surface area contributed by atoms with E-state index in [0.29, 0.717) is 12.5 Å². The minimum Gasteiger partial charge on any atom is -0.393 e.